The van der Waals surface area contributed by atoms with Crippen LogP contribution in [0.15, 0.2) is 72.8 Å². The third-order valence-corrected chi connectivity index (χ3v) is 7.25. The van der Waals surface area contributed by atoms with Crippen molar-refractivity contribution in [2.75, 3.05) is 0 Å². The van der Waals surface area contributed by atoms with Crippen LogP contribution in [0.1, 0.15) is 37.9 Å². The van der Waals surface area contributed by atoms with Crippen LogP contribution in [0.2, 0.25) is 0 Å². The van der Waals surface area contributed by atoms with Gasteiger partial charge in [0.25, 0.3) is 0 Å². The summed E-state index contributed by atoms with van der Waals surface area (Å²) in [7, 11) is 0. The minimum absolute atomic E-state index is 0.0278. The van der Waals surface area contributed by atoms with Crippen LogP contribution in [-0.2, 0) is 6.42 Å². The summed E-state index contributed by atoms with van der Waals surface area (Å²) in [5.74, 6) is -5.19. The minimum Gasteiger partial charge on any atom is -0.508 e. The summed E-state index contributed by atoms with van der Waals surface area (Å²) < 4.78 is 12.4. The van der Waals surface area contributed by atoms with Gasteiger partial charge in [-0.05, 0) is 35.4 Å². The Morgan fingerprint density at radius 2 is 1.20 bits per heavy atom. The highest BCUT2D eigenvalue weighted by atomic mass is 16.5. The molecule has 3 unspecified atom stereocenters. The van der Waals surface area contributed by atoms with Crippen LogP contribution < -0.4 is 9.47 Å². The van der Waals surface area contributed by atoms with Gasteiger partial charge in [-0.1, -0.05) is 24.3 Å². The number of aromatic hydroxyl groups is 6. The Kier molecular flexibility index (Phi) is 5.51. The molecule has 2 aliphatic rings. The molecule has 0 aromatic heterocycles. The van der Waals surface area contributed by atoms with E-state index in [-0.39, 0.29) is 52.0 Å². The molecule has 6 rings (SSSR count). The maximum atomic E-state index is 14.3. The first kappa shape index (κ1) is 24.9. The van der Waals surface area contributed by atoms with Crippen molar-refractivity contribution in [2.45, 2.75) is 18.1 Å². The molecule has 0 amide bonds. The molecule has 6 N–H and O–H groups in total. The van der Waals surface area contributed by atoms with Gasteiger partial charge in [-0.25, -0.2) is 0 Å². The zero-order chi connectivity index (χ0) is 28.3. The van der Waals surface area contributed by atoms with Crippen molar-refractivity contribution in [3.63, 3.8) is 0 Å². The van der Waals surface area contributed by atoms with E-state index < -0.39 is 40.7 Å². The van der Waals surface area contributed by atoms with Crippen LogP contribution in [0.4, 0.5) is 0 Å². The lowest BCUT2D eigenvalue weighted by atomic mass is 9.69. The van der Waals surface area contributed by atoms with E-state index in [1.807, 2.05) is 0 Å². The molecule has 0 bridgehead atoms. The SMILES string of the molecule is O=C1c2c(O)cc(O)cc2OC(c2ccc(O)cc2)C1C1(Cc2ccc(O)cc2)Oc2cc(O)cc(O)c2C1=O. The lowest BCUT2D eigenvalue weighted by Gasteiger charge is -2.42. The zero-order valence-electron chi connectivity index (χ0n) is 20.6. The van der Waals surface area contributed by atoms with Crippen molar-refractivity contribution in [3.05, 3.63) is 95.1 Å². The number of phenolic OH excluding ortho intramolecular Hbond substituents is 6. The number of fused-ring (bicyclic) bond motifs is 2. The van der Waals surface area contributed by atoms with Crippen LogP contribution in [0, 0.1) is 5.92 Å². The van der Waals surface area contributed by atoms with Crippen LogP contribution in [-0.4, -0.2) is 47.8 Å². The van der Waals surface area contributed by atoms with Gasteiger partial charge in [0.15, 0.2) is 11.4 Å². The fourth-order valence-electron chi connectivity index (χ4n) is 5.50. The van der Waals surface area contributed by atoms with Crippen LogP contribution in [0.5, 0.6) is 46.0 Å². The molecule has 10 heteroatoms. The quantitative estimate of drug-likeness (QED) is 0.220. The Labute approximate surface area is 226 Å². The molecule has 2 aliphatic heterocycles. The molecule has 0 spiro atoms. The number of Topliss-reactive ketones (excluding diaryl/α,β-unsaturated/α-hetero) is 2. The first-order valence-electron chi connectivity index (χ1n) is 12.2. The number of carbonyl (C=O) groups excluding carboxylic acids is 2. The van der Waals surface area contributed by atoms with Crippen molar-refractivity contribution in [3.8, 4) is 46.0 Å². The molecular formula is C30H22O10. The Bertz CT molecular complexity index is 1680. The summed E-state index contributed by atoms with van der Waals surface area (Å²) in [6, 6.07) is 15.9. The van der Waals surface area contributed by atoms with Gasteiger partial charge < -0.3 is 40.1 Å². The van der Waals surface area contributed by atoms with Crippen molar-refractivity contribution < 1.29 is 49.7 Å². The lowest BCUT2D eigenvalue weighted by molar-refractivity contribution is -0.0159. The van der Waals surface area contributed by atoms with Gasteiger partial charge in [-0.3, -0.25) is 9.59 Å². The second-order valence-electron chi connectivity index (χ2n) is 9.81. The van der Waals surface area contributed by atoms with E-state index in [9.17, 15) is 40.2 Å². The van der Waals surface area contributed by atoms with Gasteiger partial charge in [-0.15, -0.1) is 0 Å². The number of hydrogen-bond donors (Lipinski definition) is 6. The molecule has 0 saturated carbocycles. The van der Waals surface area contributed by atoms with Crippen LogP contribution in [0.25, 0.3) is 0 Å². The first-order chi connectivity index (χ1) is 19.1. The predicted octanol–water partition coefficient (Wildman–Crippen LogP) is 4.11. The second-order valence-corrected chi connectivity index (χ2v) is 9.81. The smallest absolute Gasteiger partial charge is 0.215 e. The van der Waals surface area contributed by atoms with Crippen molar-refractivity contribution in [2.24, 2.45) is 5.92 Å². The lowest BCUT2D eigenvalue weighted by Crippen LogP contribution is -2.56. The van der Waals surface area contributed by atoms with Gasteiger partial charge >= 0.3 is 0 Å². The fourth-order valence-corrected chi connectivity index (χ4v) is 5.50. The van der Waals surface area contributed by atoms with Gasteiger partial charge in [-0.2, -0.15) is 0 Å². The summed E-state index contributed by atoms with van der Waals surface area (Å²) >= 11 is 0. The monoisotopic (exact) mass is 542 g/mol. The highest BCUT2D eigenvalue weighted by Crippen LogP contribution is 2.54. The minimum atomic E-state index is -2.06. The molecule has 2 heterocycles. The molecule has 4 aromatic carbocycles. The summed E-state index contributed by atoms with van der Waals surface area (Å²) in [5, 5.41) is 61.2. The number of ether oxygens (including phenoxy) is 2. The van der Waals surface area contributed by atoms with Crippen molar-refractivity contribution >= 4 is 11.6 Å². The molecule has 0 radical (unpaired) electrons. The number of benzene rings is 4. The summed E-state index contributed by atoms with van der Waals surface area (Å²) in [6.45, 7) is 0. The summed E-state index contributed by atoms with van der Waals surface area (Å²) in [6.07, 6.45) is -1.46. The van der Waals surface area contributed by atoms with Crippen LogP contribution >= 0.6 is 0 Å². The van der Waals surface area contributed by atoms with E-state index in [1.54, 1.807) is 12.1 Å². The molecule has 10 nitrogen and oxygen atoms in total. The second kappa shape index (κ2) is 8.84. The van der Waals surface area contributed by atoms with Crippen molar-refractivity contribution in [1.29, 1.82) is 0 Å². The zero-order valence-corrected chi connectivity index (χ0v) is 20.6. The Morgan fingerprint density at radius 3 is 1.82 bits per heavy atom. The van der Waals surface area contributed by atoms with E-state index in [0.29, 0.717) is 11.1 Å². The Morgan fingerprint density at radius 1 is 0.650 bits per heavy atom. The number of phenols is 6. The molecule has 0 aliphatic carbocycles. The fraction of sp³-hybridized carbons (Fsp3) is 0.133. The van der Waals surface area contributed by atoms with Gasteiger partial charge in [0.2, 0.25) is 5.78 Å². The molecule has 3 atom stereocenters. The predicted molar refractivity (Wildman–Crippen MR) is 138 cm³/mol. The average Bonchev–Trinajstić information content (AvgIpc) is 3.16. The van der Waals surface area contributed by atoms with E-state index in [4.69, 9.17) is 9.47 Å². The molecule has 0 fully saturated rings. The Balaban J connectivity index is 1.61. The van der Waals surface area contributed by atoms with Gasteiger partial charge in [0.1, 0.15) is 69.1 Å². The third kappa shape index (κ3) is 3.80. The van der Waals surface area contributed by atoms with E-state index in [2.05, 4.69) is 0 Å². The van der Waals surface area contributed by atoms with Gasteiger partial charge in [0, 0.05) is 30.7 Å². The maximum absolute atomic E-state index is 14.3. The van der Waals surface area contributed by atoms with E-state index in [1.165, 1.54) is 42.5 Å². The molecule has 0 saturated heterocycles. The highest BCUT2D eigenvalue weighted by molar-refractivity contribution is 6.15. The number of ketones is 2. The average molecular weight is 542 g/mol. The maximum Gasteiger partial charge on any atom is 0.215 e. The van der Waals surface area contributed by atoms with Crippen LogP contribution in [0.3, 0.4) is 0 Å². The summed E-state index contributed by atoms with van der Waals surface area (Å²) in [4.78, 5) is 28.6. The van der Waals surface area contributed by atoms with Gasteiger partial charge in [0.05, 0.1) is 0 Å². The Hall–Kier alpha value is -5.38. The molecule has 40 heavy (non-hydrogen) atoms. The topological polar surface area (TPSA) is 174 Å². The molecular weight excluding hydrogens is 520 g/mol. The molecule has 4 aromatic rings. The number of hydrogen-bond acceptors (Lipinski definition) is 10. The normalized spacial score (nSPS) is 21.3. The largest absolute Gasteiger partial charge is 0.508 e. The van der Waals surface area contributed by atoms with E-state index in [0.717, 1.165) is 18.2 Å². The molecule has 202 valence electrons. The number of rotatable bonds is 4. The standard InChI is InChI=1S/C30H22O10/c31-16-5-1-14(2-6-16)13-30(29(38)25-21(36)10-19(34)12-23(25)40-30)26-27(37)24-20(35)9-18(33)11-22(24)39-28(26)15-3-7-17(32)8-4-15/h1-12,26,28,31-36H,13H2. The first-order valence-corrected chi connectivity index (χ1v) is 12.2. The van der Waals surface area contributed by atoms with E-state index >= 15 is 0 Å². The number of carbonyl (C=O) groups is 2. The van der Waals surface area contributed by atoms with Crippen molar-refractivity contribution in [1.82, 2.24) is 0 Å². The summed E-state index contributed by atoms with van der Waals surface area (Å²) in [5.41, 5.74) is -1.72. The third-order valence-electron chi connectivity index (χ3n) is 7.25. The highest BCUT2D eigenvalue weighted by Gasteiger charge is 2.62.